The number of aromatic amines is 1. The second kappa shape index (κ2) is 7.58. The summed E-state index contributed by atoms with van der Waals surface area (Å²) < 4.78 is 14.9. The number of nitrogens with zero attached hydrogens (tertiary/aromatic N) is 2. The molecule has 3 heterocycles. The van der Waals surface area contributed by atoms with Gasteiger partial charge >= 0.3 is 0 Å². The highest BCUT2D eigenvalue weighted by Crippen LogP contribution is 2.27. The van der Waals surface area contributed by atoms with E-state index < -0.39 is 0 Å². The van der Waals surface area contributed by atoms with Crippen LogP contribution in [-0.4, -0.2) is 22.0 Å². The molecule has 27 heavy (non-hydrogen) atoms. The number of fused-ring (bicyclic) bond motifs is 1. The number of pyridine rings is 2. The molecule has 136 valence electrons. The van der Waals surface area contributed by atoms with Gasteiger partial charge in [0.1, 0.15) is 5.82 Å². The second-order valence-electron chi connectivity index (χ2n) is 6.55. The van der Waals surface area contributed by atoms with Crippen molar-refractivity contribution >= 4 is 16.5 Å². The summed E-state index contributed by atoms with van der Waals surface area (Å²) in [7, 11) is 1.92. The molecule has 0 aliphatic heterocycles. The lowest BCUT2D eigenvalue weighted by atomic mass is 10.1. The first-order chi connectivity index (χ1) is 13.2. The van der Waals surface area contributed by atoms with Gasteiger partial charge in [-0.1, -0.05) is 18.2 Å². The molecule has 0 radical (unpaired) electrons. The maximum Gasteiger partial charge on any atom is 0.136 e. The molecule has 0 saturated heterocycles. The van der Waals surface area contributed by atoms with Crippen LogP contribution in [0.4, 0.5) is 4.39 Å². The van der Waals surface area contributed by atoms with Crippen LogP contribution in [0.5, 0.6) is 0 Å². The van der Waals surface area contributed by atoms with Crippen molar-refractivity contribution in [3.63, 3.8) is 0 Å². The lowest BCUT2D eigenvalue weighted by Crippen LogP contribution is -2.04. The summed E-state index contributed by atoms with van der Waals surface area (Å²) in [4.78, 5) is 11.8. The monoisotopic (exact) mass is 360 g/mol. The van der Waals surface area contributed by atoms with E-state index in [1.54, 1.807) is 18.6 Å². The van der Waals surface area contributed by atoms with Crippen LogP contribution in [-0.2, 0) is 0 Å². The van der Waals surface area contributed by atoms with E-state index in [4.69, 9.17) is 0 Å². The number of H-pyrrole nitrogens is 1. The SMILES string of the molecule is CN/C1=C/C=C(c2cc(F)c(-c3cc4ccncc4[nH]3)cn2)\C=C/CCC1. The van der Waals surface area contributed by atoms with Crippen LogP contribution in [0, 0.1) is 5.82 Å². The highest BCUT2D eigenvalue weighted by atomic mass is 19.1. The number of halogens is 1. The first-order valence-corrected chi connectivity index (χ1v) is 9.09. The number of allylic oxidation sites excluding steroid dienone is 6. The van der Waals surface area contributed by atoms with Gasteiger partial charge < -0.3 is 10.3 Å². The Labute approximate surface area is 157 Å². The van der Waals surface area contributed by atoms with E-state index in [9.17, 15) is 4.39 Å². The van der Waals surface area contributed by atoms with Gasteiger partial charge in [-0.3, -0.25) is 9.97 Å². The molecule has 0 saturated carbocycles. The van der Waals surface area contributed by atoms with E-state index >= 15 is 0 Å². The van der Waals surface area contributed by atoms with Gasteiger partial charge in [0.15, 0.2) is 0 Å². The summed E-state index contributed by atoms with van der Waals surface area (Å²) >= 11 is 0. The summed E-state index contributed by atoms with van der Waals surface area (Å²) in [6, 6.07) is 5.31. The largest absolute Gasteiger partial charge is 0.391 e. The molecule has 0 atom stereocenters. The molecule has 0 aromatic carbocycles. The average molecular weight is 360 g/mol. The van der Waals surface area contributed by atoms with Crippen molar-refractivity contribution in [3.05, 3.63) is 78.3 Å². The van der Waals surface area contributed by atoms with Crippen LogP contribution in [0.25, 0.3) is 27.7 Å². The van der Waals surface area contributed by atoms with E-state index in [0.717, 1.165) is 35.7 Å². The summed E-state index contributed by atoms with van der Waals surface area (Å²) in [5.41, 5.74) is 4.72. The van der Waals surface area contributed by atoms with Crippen molar-refractivity contribution in [2.45, 2.75) is 19.3 Å². The molecule has 0 unspecified atom stereocenters. The number of rotatable bonds is 3. The third-order valence-electron chi connectivity index (χ3n) is 4.76. The van der Waals surface area contributed by atoms with E-state index in [1.807, 2.05) is 37.4 Å². The Hall–Kier alpha value is -3.21. The minimum absolute atomic E-state index is 0.300. The van der Waals surface area contributed by atoms with Gasteiger partial charge in [0.2, 0.25) is 0 Å². The molecule has 0 spiro atoms. The standard InChI is InChI=1S/C22H21FN4/c1-24-17-6-4-2-3-5-15(7-8-17)20-12-19(23)18(13-26-20)21-11-16-9-10-25-14-22(16)27-21/h3,5,7-14,24,27H,2,4,6H2,1H3/b5-3-,15-7+,17-8+. The summed E-state index contributed by atoms with van der Waals surface area (Å²) in [5, 5.41) is 4.21. The van der Waals surface area contributed by atoms with Crippen LogP contribution in [0.2, 0.25) is 0 Å². The molecule has 1 aliphatic carbocycles. The zero-order valence-electron chi connectivity index (χ0n) is 15.2. The van der Waals surface area contributed by atoms with Crippen molar-refractivity contribution < 1.29 is 4.39 Å². The minimum Gasteiger partial charge on any atom is -0.391 e. The van der Waals surface area contributed by atoms with Crippen LogP contribution >= 0.6 is 0 Å². The van der Waals surface area contributed by atoms with Crippen molar-refractivity contribution in [1.29, 1.82) is 0 Å². The third-order valence-corrected chi connectivity index (χ3v) is 4.76. The highest BCUT2D eigenvalue weighted by molar-refractivity contribution is 5.85. The van der Waals surface area contributed by atoms with Gasteiger partial charge in [-0.25, -0.2) is 4.39 Å². The minimum atomic E-state index is -0.300. The van der Waals surface area contributed by atoms with Crippen LogP contribution in [0.3, 0.4) is 0 Å². The molecule has 0 fully saturated rings. The average Bonchev–Trinajstić information content (AvgIpc) is 3.15. The summed E-state index contributed by atoms with van der Waals surface area (Å²) in [6.45, 7) is 0. The smallest absolute Gasteiger partial charge is 0.136 e. The number of hydrogen-bond acceptors (Lipinski definition) is 3. The lowest BCUT2D eigenvalue weighted by molar-refractivity contribution is 0.628. The Balaban J connectivity index is 1.71. The topological polar surface area (TPSA) is 53.6 Å². The van der Waals surface area contributed by atoms with Crippen LogP contribution in [0.1, 0.15) is 25.0 Å². The number of hydrogen-bond donors (Lipinski definition) is 2. The van der Waals surface area contributed by atoms with Crippen molar-refractivity contribution in [2.24, 2.45) is 0 Å². The fourth-order valence-corrected chi connectivity index (χ4v) is 3.23. The van der Waals surface area contributed by atoms with E-state index in [1.165, 1.54) is 11.8 Å². The van der Waals surface area contributed by atoms with Gasteiger partial charge in [0.05, 0.1) is 28.7 Å². The molecule has 4 rings (SSSR count). The first kappa shape index (κ1) is 17.2. The van der Waals surface area contributed by atoms with Gasteiger partial charge in [-0.15, -0.1) is 0 Å². The van der Waals surface area contributed by atoms with Crippen molar-refractivity contribution in [2.75, 3.05) is 7.05 Å². The molecule has 4 nitrogen and oxygen atoms in total. The molecular weight excluding hydrogens is 339 g/mol. The van der Waals surface area contributed by atoms with Gasteiger partial charge in [0.25, 0.3) is 0 Å². The molecule has 0 bridgehead atoms. The molecule has 3 aromatic rings. The normalized spacial score (nSPS) is 19.9. The second-order valence-corrected chi connectivity index (χ2v) is 6.55. The van der Waals surface area contributed by atoms with E-state index in [-0.39, 0.29) is 5.82 Å². The molecule has 1 aliphatic rings. The van der Waals surface area contributed by atoms with Gasteiger partial charge in [-0.05, 0) is 43.0 Å². The van der Waals surface area contributed by atoms with Crippen molar-refractivity contribution in [1.82, 2.24) is 20.3 Å². The van der Waals surface area contributed by atoms with Gasteiger partial charge in [0, 0.05) is 36.6 Å². The Morgan fingerprint density at radius 2 is 2.11 bits per heavy atom. The number of nitrogens with one attached hydrogen (secondary N) is 2. The Bertz CT molecular complexity index is 1030. The highest BCUT2D eigenvalue weighted by Gasteiger charge is 2.12. The zero-order chi connectivity index (χ0) is 18.6. The van der Waals surface area contributed by atoms with Gasteiger partial charge in [-0.2, -0.15) is 0 Å². The van der Waals surface area contributed by atoms with Crippen LogP contribution < -0.4 is 5.32 Å². The van der Waals surface area contributed by atoms with Crippen LogP contribution in [0.15, 0.2) is 66.8 Å². The Kier molecular flexibility index (Phi) is 4.83. The predicted molar refractivity (Wildman–Crippen MR) is 107 cm³/mol. The molecular formula is C22H21FN4. The molecule has 2 N–H and O–H groups in total. The summed E-state index contributed by atoms with van der Waals surface area (Å²) in [6.07, 6.45) is 16.3. The van der Waals surface area contributed by atoms with E-state index in [2.05, 4.69) is 26.3 Å². The quantitative estimate of drug-likeness (QED) is 0.692. The Morgan fingerprint density at radius 3 is 2.93 bits per heavy atom. The summed E-state index contributed by atoms with van der Waals surface area (Å²) in [5.74, 6) is -0.300. The molecule has 5 heteroatoms. The van der Waals surface area contributed by atoms with E-state index in [0.29, 0.717) is 17.0 Å². The third kappa shape index (κ3) is 3.67. The fourth-order valence-electron chi connectivity index (χ4n) is 3.23. The fraction of sp³-hybridized carbons (Fsp3) is 0.182. The maximum absolute atomic E-state index is 14.9. The zero-order valence-corrected chi connectivity index (χ0v) is 15.2. The van der Waals surface area contributed by atoms with Crippen molar-refractivity contribution in [3.8, 4) is 11.3 Å². The predicted octanol–water partition coefficient (Wildman–Crippen LogP) is 4.99. The Morgan fingerprint density at radius 1 is 1.19 bits per heavy atom. The maximum atomic E-state index is 14.9. The first-order valence-electron chi connectivity index (χ1n) is 9.09. The lowest BCUT2D eigenvalue weighted by Gasteiger charge is -2.06. The molecule has 3 aromatic heterocycles. The number of aromatic nitrogens is 3. The molecule has 0 amide bonds.